The van der Waals surface area contributed by atoms with Crippen molar-refractivity contribution in [3.8, 4) is 0 Å². The van der Waals surface area contributed by atoms with Crippen molar-refractivity contribution in [3.05, 3.63) is 33.8 Å². The first kappa shape index (κ1) is 14.9. The summed E-state index contributed by atoms with van der Waals surface area (Å²) in [6, 6.07) is 4.98. The Morgan fingerprint density at radius 3 is 2.65 bits per heavy atom. The average molecular weight is 291 g/mol. The normalized spacial score (nSPS) is 10.9. The molecule has 0 atom stereocenters. The molecule has 94 valence electrons. The zero-order chi connectivity index (χ0) is 12.8. The third-order valence-electron chi connectivity index (χ3n) is 2.31. The second-order valence-electron chi connectivity index (χ2n) is 4.30. The van der Waals surface area contributed by atoms with Crippen molar-refractivity contribution >= 4 is 40.1 Å². The number of carbonyl (C=O) groups is 1. The Balaban J connectivity index is 2.47. The van der Waals surface area contributed by atoms with Crippen molar-refractivity contribution < 1.29 is 4.79 Å². The molecule has 1 nitrogen and oxygen atoms in total. The highest BCUT2D eigenvalue weighted by Gasteiger charge is 2.11. The molecule has 0 aromatic heterocycles. The summed E-state index contributed by atoms with van der Waals surface area (Å²) in [4.78, 5) is 11.9. The van der Waals surface area contributed by atoms with Gasteiger partial charge in [0.15, 0.2) is 0 Å². The maximum atomic E-state index is 11.9. The summed E-state index contributed by atoms with van der Waals surface area (Å²) in [6.07, 6.45) is 2.20. The Labute approximate surface area is 117 Å². The first-order valence-corrected chi connectivity index (χ1v) is 7.37. The van der Waals surface area contributed by atoms with Crippen LogP contribution in [-0.4, -0.2) is 10.9 Å². The highest BCUT2D eigenvalue weighted by Crippen LogP contribution is 2.25. The van der Waals surface area contributed by atoms with Crippen LogP contribution in [0.1, 0.15) is 37.0 Å². The molecule has 0 heterocycles. The first-order valence-electron chi connectivity index (χ1n) is 5.63. The maximum absolute atomic E-state index is 11.9. The van der Waals surface area contributed by atoms with Gasteiger partial charge in [-0.15, -0.1) is 0 Å². The van der Waals surface area contributed by atoms with Gasteiger partial charge in [-0.3, -0.25) is 4.79 Å². The van der Waals surface area contributed by atoms with E-state index in [0.29, 0.717) is 21.5 Å². The molecule has 1 aromatic carbocycles. The highest BCUT2D eigenvalue weighted by atomic mass is 35.5. The van der Waals surface area contributed by atoms with Gasteiger partial charge < -0.3 is 0 Å². The molecule has 1 aromatic rings. The van der Waals surface area contributed by atoms with Crippen LogP contribution in [0.4, 0.5) is 0 Å². The molecule has 0 radical (unpaired) electrons. The van der Waals surface area contributed by atoms with E-state index in [4.69, 9.17) is 23.2 Å². The fourth-order valence-electron chi connectivity index (χ4n) is 1.39. The van der Waals surface area contributed by atoms with Gasteiger partial charge in [-0.05, 0) is 30.5 Å². The van der Waals surface area contributed by atoms with Gasteiger partial charge in [0.05, 0.1) is 5.02 Å². The van der Waals surface area contributed by atoms with Crippen LogP contribution in [0.3, 0.4) is 0 Å². The summed E-state index contributed by atoms with van der Waals surface area (Å²) in [5.74, 6) is 1.53. The van der Waals surface area contributed by atoms with E-state index in [-0.39, 0.29) is 5.12 Å². The SMILES string of the molecule is CC(C)CCCSC(=O)c1ccc(Cl)cc1Cl. The van der Waals surface area contributed by atoms with Crippen LogP contribution in [0.5, 0.6) is 0 Å². The zero-order valence-electron chi connectivity index (χ0n) is 10.0. The van der Waals surface area contributed by atoms with E-state index in [1.807, 2.05) is 0 Å². The molecular weight excluding hydrogens is 275 g/mol. The van der Waals surface area contributed by atoms with Crippen LogP contribution in [0, 0.1) is 5.92 Å². The van der Waals surface area contributed by atoms with Gasteiger partial charge in [0, 0.05) is 16.3 Å². The lowest BCUT2D eigenvalue weighted by Crippen LogP contribution is -1.97. The predicted octanol–water partition coefficient (Wildman–Crippen LogP) is 5.30. The molecular formula is C13H16Cl2OS. The molecule has 0 aliphatic heterocycles. The van der Waals surface area contributed by atoms with E-state index in [0.717, 1.165) is 18.6 Å². The fourth-order valence-corrected chi connectivity index (χ4v) is 2.77. The Hall–Kier alpha value is -0.180. The Kier molecular flexibility index (Phi) is 6.39. The van der Waals surface area contributed by atoms with Crippen molar-refractivity contribution in [1.82, 2.24) is 0 Å². The number of benzene rings is 1. The second-order valence-corrected chi connectivity index (χ2v) is 6.21. The number of carbonyl (C=O) groups excluding carboxylic acids is 1. The molecule has 0 saturated carbocycles. The van der Waals surface area contributed by atoms with E-state index in [2.05, 4.69) is 13.8 Å². The van der Waals surface area contributed by atoms with Gasteiger partial charge in [-0.25, -0.2) is 0 Å². The minimum absolute atomic E-state index is 0.0235. The largest absolute Gasteiger partial charge is 0.282 e. The van der Waals surface area contributed by atoms with Crippen LogP contribution < -0.4 is 0 Å². The predicted molar refractivity (Wildman–Crippen MR) is 77.3 cm³/mol. The fraction of sp³-hybridized carbons (Fsp3) is 0.462. The summed E-state index contributed by atoms with van der Waals surface area (Å²) >= 11 is 13.1. The van der Waals surface area contributed by atoms with Crippen molar-refractivity contribution in [2.75, 3.05) is 5.75 Å². The van der Waals surface area contributed by atoms with Gasteiger partial charge in [-0.1, -0.05) is 55.2 Å². The van der Waals surface area contributed by atoms with Gasteiger partial charge in [0.25, 0.3) is 0 Å². The first-order chi connectivity index (χ1) is 8.00. The molecule has 0 bridgehead atoms. The quantitative estimate of drug-likeness (QED) is 0.684. The third-order valence-corrected chi connectivity index (χ3v) is 3.83. The molecule has 0 aliphatic carbocycles. The lowest BCUT2D eigenvalue weighted by molar-refractivity contribution is 0.108. The topological polar surface area (TPSA) is 17.1 Å². The zero-order valence-corrected chi connectivity index (χ0v) is 12.3. The monoisotopic (exact) mass is 290 g/mol. The van der Waals surface area contributed by atoms with Crippen molar-refractivity contribution in [2.24, 2.45) is 5.92 Å². The Morgan fingerprint density at radius 1 is 1.35 bits per heavy atom. The molecule has 0 unspecified atom stereocenters. The summed E-state index contributed by atoms with van der Waals surface area (Å²) in [5.41, 5.74) is 0.547. The lowest BCUT2D eigenvalue weighted by Gasteiger charge is -2.05. The van der Waals surface area contributed by atoms with Crippen molar-refractivity contribution in [2.45, 2.75) is 26.7 Å². The minimum Gasteiger partial charge on any atom is -0.282 e. The molecule has 4 heteroatoms. The lowest BCUT2D eigenvalue weighted by atomic mass is 10.1. The van der Waals surface area contributed by atoms with Gasteiger partial charge >= 0.3 is 0 Å². The second kappa shape index (κ2) is 7.30. The van der Waals surface area contributed by atoms with Gasteiger partial charge in [0.2, 0.25) is 5.12 Å². The minimum atomic E-state index is 0.0235. The molecule has 17 heavy (non-hydrogen) atoms. The number of rotatable bonds is 5. The van der Waals surface area contributed by atoms with Crippen LogP contribution in [-0.2, 0) is 0 Å². The standard InChI is InChI=1S/C13H16Cl2OS/c1-9(2)4-3-7-17-13(16)11-6-5-10(14)8-12(11)15/h5-6,8-9H,3-4,7H2,1-2H3. The number of thioether (sulfide) groups is 1. The van der Waals surface area contributed by atoms with Crippen LogP contribution in [0.15, 0.2) is 18.2 Å². The van der Waals surface area contributed by atoms with Crippen LogP contribution in [0.2, 0.25) is 10.0 Å². The van der Waals surface area contributed by atoms with Crippen molar-refractivity contribution in [3.63, 3.8) is 0 Å². The summed E-state index contributed by atoms with van der Waals surface area (Å²) < 4.78 is 0. The number of hydrogen-bond donors (Lipinski definition) is 0. The average Bonchev–Trinajstić information content (AvgIpc) is 2.23. The summed E-state index contributed by atoms with van der Waals surface area (Å²) in [5, 5.41) is 1.01. The molecule has 0 fully saturated rings. The van der Waals surface area contributed by atoms with E-state index >= 15 is 0 Å². The Bertz CT molecular complexity index is 391. The van der Waals surface area contributed by atoms with Crippen LogP contribution >= 0.6 is 35.0 Å². The molecule has 1 rings (SSSR count). The van der Waals surface area contributed by atoms with Crippen LogP contribution in [0.25, 0.3) is 0 Å². The third kappa shape index (κ3) is 5.33. The highest BCUT2D eigenvalue weighted by molar-refractivity contribution is 8.14. The van der Waals surface area contributed by atoms with E-state index in [1.165, 1.54) is 11.8 Å². The Morgan fingerprint density at radius 2 is 2.06 bits per heavy atom. The molecule has 0 aliphatic rings. The van der Waals surface area contributed by atoms with Gasteiger partial charge in [-0.2, -0.15) is 0 Å². The van der Waals surface area contributed by atoms with Gasteiger partial charge in [0.1, 0.15) is 0 Å². The van der Waals surface area contributed by atoms with E-state index in [9.17, 15) is 4.79 Å². The molecule has 0 N–H and O–H groups in total. The molecule has 0 amide bonds. The number of halogens is 2. The summed E-state index contributed by atoms with van der Waals surface area (Å²) in [6.45, 7) is 4.37. The molecule has 0 saturated heterocycles. The van der Waals surface area contributed by atoms with E-state index in [1.54, 1.807) is 18.2 Å². The maximum Gasteiger partial charge on any atom is 0.220 e. The van der Waals surface area contributed by atoms with Crippen molar-refractivity contribution in [1.29, 1.82) is 0 Å². The number of hydrogen-bond acceptors (Lipinski definition) is 2. The smallest absolute Gasteiger partial charge is 0.220 e. The molecule has 0 spiro atoms. The van der Waals surface area contributed by atoms with E-state index < -0.39 is 0 Å². The summed E-state index contributed by atoms with van der Waals surface area (Å²) in [7, 11) is 0.